The van der Waals surface area contributed by atoms with Crippen LogP contribution in [0.1, 0.15) is 79.4 Å². The number of nitrogens with zero attached hydrogens (tertiary/aromatic N) is 2. The number of carbonyl (C=O) groups is 3. The normalized spacial score (nSPS) is 20.3. The first-order chi connectivity index (χ1) is 19.3. The first kappa shape index (κ1) is 33.9. The van der Waals surface area contributed by atoms with Crippen molar-refractivity contribution in [3.8, 4) is 0 Å². The smallest absolute Gasteiger partial charge is 0.463 e. The van der Waals surface area contributed by atoms with Crippen LogP contribution in [0.3, 0.4) is 0 Å². The molecule has 2 heterocycles. The van der Waals surface area contributed by atoms with Crippen molar-refractivity contribution in [3.63, 3.8) is 0 Å². The summed E-state index contributed by atoms with van der Waals surface area (Å²) in [6.45, 7) is 7.71. The molecule has 1 aromatic heterocycles. The molecule has 14 heteroatoms. The third kappa shape index (κ3) is 9.66. The quantitative estimate of drug-likeness (QED) is 0.182. The minimum Gasteiger partial charge on any atom is -0.463 e. The Balaban J connectivity index is 2.28. The van der Waals surface area contributed by atoms with Crippen LogP contribution in [0, 0.1) is 17.7 Å². The van der Waals surface area contributed by atoms with Crippen molar-refractivity contribution in [2.75, 3.05) is 19.8 Å². The average molecular weight is 589 g/mol. The minimum atomic E-state index is -2.40. The van der Waals surface area contributed by atoms with E-state index in [9.17, 15) is 33.5 Å². The molecule has 0 aliphatic carbocycles. The van der Waals surface area contributed by atoms with Gasteiger partial charge in [-0.3, -0.25) is 14.2 Å². The molecule has 13 nitrogen and oxygen atoms in total. The Hall–Kier alpha value is -3.26. The van der Waals surface area contributed by atoms with Gasteiger partial charge in [-0.2, -0.15) is 4.39 Å². The maximum absolute atomic E-state index is 14.6. The van der Waals surface area contributed by atoms with Crippen LogP contribution in [0.5, 0.6) is 0 Å². The van der Waals surface area contributed by atoms with Crippen LogP contribution >= 0.6 is 0 Å². The highest BCUT2D eigenvalue weighted by molar-refractivity contribution is 5.80. The van der Waals surface area contributed by atoms with Gasteiger partial charge in [-0.1, -0.05) is 53.9 Å². The number of halogens is 1. The summed E-state index contributed by atoms with van der Waals surface area (Å²) in [4.78, 5) is 62.4. The second-order valence-corrected chi connectivity index (χ2v) is 10.8. The number of unbranched alkanes of at least 4 members (excludes halogenated alkanes) is 3. The van der Waals surface area contributed by atoms with Gasteiger partial charge in [-0.15, -0.1) is 0 Å². The Morgan fingerprint density at radius 2 is 1.71 bits per heavy atom. The van der Waals surface area contributed by atoms with E-state index in [0.717, 1.165) is 19.3 Å². The number of ether oxygens (including phenoxy) is 5. The van der Waals surface area contributed by atoms with Crippen LogP contribution in [0.25, 0.3) is 0 Å². The van der Waals surface area contributed by atoms with Crippen LogP contribution < -0.4 is 11.2 Å². The van der Waals surface area contributed by atoms with E-state index >= 15 is 0 Å². The lowest BCUT2D eigenvalue weighted by atomic mass is 9.95. The molecule has 0 unspecified atom stereocenters. The van der Waals surface area contributed by atoms with E-state index in [4.69, 9.17) is 23.7 Å². The van der Waals surface area contributed by atoms with E-state index in [2.05, 4.69) is 0 Å². The standard InChI is InChI=1S/C27H41FN2O11/c1-6-7-8-9-10-22(31)40-16-30-23(32)19(28)12-29(25(30)34)21-11-27(36,24(33)37-13-17(2)3)20(41-21)15-39-26(35)38-14-18(4)5/h12,17-18,20-21,36H,6-11,13-16H2,1-5H3/t20-,21-,27+/m1/s1. The van der Waals surface area contributed by atoms with Gasteiger partial charge in [0.25, 0.3) is 5.56 Å². The molecule has 232 valence electrons. The highest BCUT2D eigenvalue weighted by Gasteiger charge is 2.55. The summed E-state index contributed by atoms with van der Waals surface area (Å²) in [7, 11) is 0. The van der Waals surface area contributed by atoms with Crippen molar-refractivity contribution in [2.45, 2.75) is 97.8 Å². The largest absolute Gasteiger partial charge is 0.508 e. The Labute approximate surface area is 237 Å². The first-order valence-corrected chi connectivity index (χ1v) is 13.8. The molecule has 1 saturated heterocycles. The number of esters is 2. The summed E-state index contributed by atoms with van der Waals surface area (Å²) in [6, 6.07) is 0. The number of carbonyl (C=O) groups excluding carboxylic acids is 3. The van der Waals surface area contributed by atoms with Gasteiger partial charge in [0.2, 0.25) is 5.82 Å². The van der Waals surface area contributed by atoms with E-state index in [1.54, 1.807) is 13.8 Å². The van der Waals surface area contributed by atoms with Crippen molar-refractivity contribution in [1.29, 1.82) is 0 Å². The number of hydrogen-bond donors (Lipinski definition) is 1. The zero-order chi connectivity index (χ0) is 30.7. The molecule has 1 fully saturated rings. The predicted octanol–water partition coefficient (Wildman–Crippen LogP) is 2.65. The van der Waals surface area contributed by atoms with Crippen LogP contribution in [-0.2, 0) is 40.0 Å². The SMILES string of the molecule is CCCCCCC(=O)OCn1c(=O)c(F)cn([C@H]2C[C@@](O)(C(=O)OCC(C)C)[C@@H](COC(=O)OCC(C)C)O2)c1=O. The Morgan fingerprint density at radius 3 is 2.34 bits per heavy atom. The lowest BCUT2D eigenvalue weighted by Crippen LogP contribution is -2.49. The molecule has 1 aliphatic rings. The van der Waals surface area contributed by atoms with Gasteiger partial charge in [-0.25, -0.2) is 19.0 Å². The fraction of sp³-hybridized carbons (Fsp3) is 0.741. The summed E-state index contributed by atoms with van der Waals surface area (Å²) in [5.41, 5.74) is -4.85. The van der Waals surface area contributed by atoms with Gasteiger partial charge in [0, 0.05) is 12.8 Å². The molecule has 1 aromatic rings. The Bertz CT molecular complexity index is 1160. The third-order valence-corrected chi connectivity index (χ3v) is 6.18. The summed E-state index contributed by atoms with van der Waals surface area (Å²) in [5.74, 6) is -3.18. The molecule has 0 amide bonds. The maximum atomic E-state index is 14.6. The van der Waals surface area contributed by atoms with Crippen LogP contribution in [0.4, 0.5) is 9.18 Å². The zero-order valence-electron chi connectivity index (χ0n) is 24.3. The van der Waals surface area contributed by atoms with Crippen molar-refractivity contribution in [3.05, 3.63) is 32.9 Å². The van der Waals surface area contributed by atoms with E-state index in [0.29, 0.717) is 21.8 Å². The highest BCUT2D eigenvalue weighted by Crippen LogP contribution is 2.37. The fourth-order valence-electron chi connectivity index (χ4n) is 3.90. The van der Waals surface area contributed by atoms with E-state index in [1.165, 1.54) is 0 Å². The molecule has 0 bridgehead atoms. The van der Waals surface area contributed by atoms with Crippen LogP contribution in [0.2, 0.25) is 0 Å². The van der Waals surface area contributed by atoms with Gasteiger partial charge in [0.15, 0.2) is 12.3 Å². The zero-order valence-corrected chi connectivity index (χ0v) is 24.3. The number of rotatable bonds is 15. The van der Waals surface area contributed by atoms with Gasteiger partial charge < -0.3 is 28.8 Å². The molecule has 0 aromatic carbocycles. The second-order valence-electron chi connectivity index (χ2n) is 10.8. The second kappa shape index (κ2) is 15.7. The topological polar surface area (TPSA) is 162 Å². The molecule has 41 heavy (non-hydrogen) atoms. The third-order valence-electron chi connectivity index (χ3n) is 6.18. The molecule has 0 radical (unpaired) electrons. The molecule has 0 saturated carbocycles. The molecular formula is C27H41FN2O11. The van der Waals surface area contributed by atoms with Gasteiger partial charge in [-0.05, 0) is 18.3 Å². The molecule has 2 rings (SSSR count). The van der Waals surface area contributed by atoms with Gasteiger partial charge in [0.1, 0.15) is 18.9 Å². The van der Waals surface area contributed by atoms with Crippen molar-refractivity contribution in [2.24, 2.45) is 11.8 Å². The maximum Gasteiger partial charge on any atom is 0.508 e. The van der Waals surface area contributed by atoms with Gasteiger partial charge >= 0.3 is 23.8 Å². The number of aromatic nitrogens is 2. The lowest BCUT2D eigenvalue weighted by molar-refractivity contribution is -0.175. The van der Waals surface area contributed by atoms with Crippen LogP contribution in [-0.4, -0.2) is 63.9 Å². The monoisotopic (exact) mass is 588 g/mol. The highest BCUT2D eigenvalue weighted by atomic mass is 19.1. The molecule has 1 N–H and O–H groups in total. The number of aliphatic hydroxyl groups is 1. The van der Waals surface area contributed by atoms with Crippen LogP contribution in [0.15, 0.2) is 15.8 Å². The van der Waals surface area contributed by atoms with Crippen molar-refractivity contribution < 1.29 is 47.6 Å². The number of hydrogen-bond acceptors (Lipinski definition) is 11. The van der Waals surface area contributed by atoms with Gasteiger partial charge in [0.05, 0.1) is 19.4 Å². The van der Waals surface area contributed by atoms with E-state index in [-0.39, 0.29) is 31.5 Å². The van der Waals surface area contributed by atoms with E-state index < -0.39 is 72.9 Å². The molecule has 3 atom stereocenters. The predicted molar refractivity (Wildman–Crippen MR) is 141 cm³/mol. The summed E-state index contributed by atoms with van der Waals surface area (Å²) in [5, 5.41) is 11.3. The van der Waals surface area contributed by atoms with Crippen molar-refractivity contribution in [1.82, 2.24) is 9.13 Å². The molecule has 0 spiro atoms. The molecular weight excluding hydrogens is 547 g/mol. The Morgan fingerprint density at radius 1 is 1.05 bits per heavy atom. The lowest BCUT2D eigenvalue weighted by Gasteiger charge is -2.26. The first-order valence-electron chi connectivity index (χ1n) is 13.8. The van der Waals surface area contributed by atoms with E-state index in [1.807, 2.05) is 20.8 Å². The minimum absolute atomic E-state index is 0.0235. The fourth-order valence-corrected chi connectivity index (χ4v) is 3.90. The summed E-state index contributed by atoms with van der Waals surface area (Å²) < 4.78 is 41.5. The average Bonchev–Trinajstić information content (AvgIpc) is 3.26. The molecule has 1 aliphatic heterocycles. The Kier molecular flexibility index (Phi) is 13.0. The van der Waals surface area contributed by atoms with Crippen molar-refractivity contribution >= 4 is 18.1 Å². The summed E-state index contributed by atoms with van der Waals surface area (Å²) >= 11 is 0. The summed E-state index contributed by atoms with van der Waals surface area (Å²) in [6.07, 6.45) is -0.785.